The molecule has 0 bridgehead atoms. The summed E-state index contributed by atoms with van der Waals surface area (Å²) in [7, 11) is 0. The van der Waals surface area contributed by atoms with Crippen LogP contribution in [0.3, 0.4) is 0 Å². The Morgan fingerprint density at radius 3 is 2.63 bits per heavy atom. The van der Waals surface area contributed by atoms with E-state index in [1.54, 1.807) is 0 Å². The van der Waals surface area contributed by atoms with E-state index in [9.17, 15) is 22.8 Å². The number of nitrogens with zero attached hydrogens (tertiary/aromatic N) is 4. The first-order valence-corrected chi connectivity index (χ1v) is 9.20. The number of amides is 1. The average molecular weight is 437 g/mol. The van der Waals surface area contributed by atoms with E-state index < -0.39 is 23.6 Å². The van der Waals surface area contributed by atoms with Gasteiger partial charge in [0.25, 0.3) is 0 Å². The van der Waals surface area contributed by atoms with E-state index in [2.05, 4.69) is 15.0 Å². The van der Waals surface area contributed by atoms with Gasteiger partial charge in [0.15, 0.2) is 16.6 Å². The highest BCUT2D eigenvalue weighted by Crippen LogP contribution is 2.35. The number of rotatable bonds is 5. The first-order chi connectivity index (χ1) is 14.2. The van der Waals surface area contributed by atoms with Crippen LogP contribution in [0.1, 0.15) is 28.7 Å². The lowest BCUT2D eigenvalue weighted by Gasteiger charge is -2.19. The van der Waals surface area contributed by atoms with E-state index in [0.717, 1.165) is 28.4 Å². The third-order valence-electron chi connectivity index (χ3n) is 3.75. The average Bonchev–Trinajstić information content (AvgIpc) is 3.14. The molecule has 2 N–H and O–H groups in total. The first kappa shape index (κ1) is 21.2. The minimum Gasteiger partial charge on any atom is -0.454 e. The van der Waals surface area contributed by atoms with Crippen molar-refractivity contribution in [2.24, 2.45) is 0 Å². The number of aromatic nitrogens is 3. The zero-order valence-electron chi connectivity index (χ0n) is 15.4. The standard InChI is InChI=1S/C18H14F3N5O3S/c1-10(27)26(13-4-2-3-11(7-13)18(19,20)21)17-25-12(9-30-17)8-29-16(28)14-15(22)24-6-5-23-14/h2-7,9H,8H2,1H3,(H2,22,24). The van der Waals surface area contributed by atoms with E-state index in [0.29, 0.717) is 5.69 Å². The van der Waals surface area contributed by atoms with Gasteiger partial charge in [0.1, 0.15) is 6.61 Å². The maximum absolute atomic E-state index is 13.0. The van der Waals surface area contributed by atoms with Gasteiger partial charge in [-0.25, -0.2) is 19.7 Å². The Hall–Kier alpha value is -3.54. The number of carbonyl (C=O) groups is 2. The number of alkyl halides is 3. The number of thiazole rings is 1. The predicted octanol–water partition coefficient (Wildman–Crippen LogP) is 3.58. The normalized spacial score (nSPS) is 11.2. The molecule has 0 aliphatic heterocycles. The van der Waals surface area contributed by atoms with Gasteiger partial charge >= 0.3 is 12.1 Å². The molecule has 0 saturated carbocycles. The molecule has 2 aromatic heterocycles. The number of halogens is 3. The highest BCUT2D eigenvalue weighted by atomic mass is 32.1. The first-order valence-electron chi connectivity index (χ1n) is 8.33. The smallest absolute Gasteiger partial charge is 0.416 e. The minimum atomic E-state index is -4.55. The lowest BCUT2D eigenvalue weighted by molar-refractivity contribution is -0.137. The molecule has 0 atom stereocenters. The number of anilines is 3. The van der Waals surface area contributed by atoms with Gasteiger partial charge in [-0.15, -0.1) is 11.3 Å². The Morgan fingerprint density at radius 2 is 1.97 bits per heavy atom. The molecule has 0 fully saturated rings. The van der Waals surface area contributed by atoms with Crippen molar-refractivity contribution >= 4 is 39.9 Å². The van der Waals surface area contributed by atoms with Gasteiger partial charge in [-0.05, 0) is 18.2 Å². The Bertz CT molecular complexity index is 1090. The molecule has 0 aliphatic carbocycles. The zero-order valence-corrected chi connectivity index (χ0v) is 16.2. The summed E-state index contributed by atoms with van der Waals surface area (Å²) in [5.74, 6) is -1.43. The van der Waals surface area contributed by atoms with Crippen LogP contribution in [0, 0.1) is 0 Å². The number of nitrogens with two attached hydrogens (primary N) is 1. The van der Waals surface area contributed by atoms with Crippen LogP contribution in [-0.4, -0.2) is 26.8 Å². The number of ether oxygens (including phenoxy) is 1. The quantitative estimate of drug-likeness (QED) is 0.608. The van der Waals surface area contributed by atoms with Gasteiger partial charge < -0.3 is 10.5 Å². The molecule has 8 nitrogen and oxygen atoms in total. The number of nitrogen functional groups attached to an aromatic ring is 1. The van der Waals surface area contributed by atoms with Crippen LogP contribution in [0.4, 0.5) is 29.8 Å². The molecule has 0 saturated heterocycles. The molecule has 0 unspecified atom stereocenters. The molecule has 156 valence electrons. The summed E-state index contributed by atoms with van der Waals surface area (Å²) < 4.78 is 44.1. The molecule has 0 radical (unpaired) electrons. The van der Waals surface area contributed by atoms with Gasteiger partial charge in [-0.1, -0.05) is 6.07 Å². The molecule has 1 amide bonds. The Morgan fingerprint density at radius 1 is 1.23 bits per heavy atom. The summed E-state index contributed by atoms with van der Waals surface area (Å²) in [6.45, 7) is 0.956. The molecular weight excluding hydrogens is 423 g/mol. The van der Waals surface area contributed by atoms with E-state index in [4.69, 9.17) is 10.5 Å². The van der Waals surface area contributed by atoms with Crippen molar-refractivity contribution < 1.29 is 27.5 Å². The zero-order chi connectivity index (χ0) is 21.9. The fourth-order valence-corrected chi connectivity index (χ4v) is 3.30. The molecular formula is C18H14F3N5O3S. The van der Waals surface area contributed by atoms with E-state index >= 15 is 0 Å². The van der Waals surface area contributed by atoms with Crippen LogP contribution >= 0.6 is 11.3 Å². The Labute approximate surface area is 172 Å². The molecule has 2 heterocycles. The fraction of sp³-hybridized carbons (Fsp3) is 0.167. The van der Waals surface area contributed by atoms with Crippen molar-refractivity contribution in [2.45, 2.75) is 19.7 Å². The highest BCUT2D eigenvalue weighted by Gasteiger charge is 2.31. The largest absolute Gasteiger partial charge is 0.454 e. The number of hydrogen-bond donors (Lipinski definition) is 1. The summed E-state index contributed by atoms with van der Waals surface area (Å²) in [5.41, 5.74) is 4.83. The van der Waals surface area contributed by atoms with Gasteiger partial charge in [0.05, 0.1) is 16.9 Å². The maximum Gasteiger partial charge on any atom is 0.416 e. The van der Waals surface area contributed by atoms with Gasteiger partial charge in [-0.3, -0.25) is 9.69 Å². The van der Waals surface area contributed by atoms with Crippen LogP contribution in [0.5, 0.6) is 0 Å². The Kier molecular flexibility index (Phi) is 5.96. The predicted molar refractivity (Wildman–Crippen MR) is 102 cm³/mol. The lowest BCUT2D eigenvalue weighted by atomic mass is 10.2. The number of carbonyl (C=O) groups excluding carboxylic acids is 2. The molecule has 12 heteroatoms. The second kappa shape index (κ2) is 8.45. The van der Waals surface area contributed by atoms with Crippen LogP contribution in [-0.2, 0) is 22.3 Å². The third kappa shape index (κ3) is 4.71. The third-order valence-corrected chi connectivity index (χ3v) is 4.62. The molecule has 3 rings (SSSR count). The molecule has 30 heavy (non-hydrogen) atoms. The van der Waals surface area contributed by atoms with Crippen LogP contribution in [0.2, 0.25) is 0 Å². The second-order valence-corrected chi connectivity index (χ2v) is 6.73. The fourth-order valence-electron chi connectivity index (χ4n) is 2.43. The second-order valence-electron chi connectivity index (χ2n) is 5.89. The minimum absolute atomic E-state index is 0.0163. The van der Waals surface area contributed by atoms with E-state index in [1.165, 1.54) is 36.8 Å². The number of benzene rings is 1. The topological polar surface area (TPSA) is 111 Å². The van der Waals surface area contributed by atoms with Crippen molar-refractivity contribution in [3.05, 3.63) is 59.0 Å². The molecule has 3 aromatic rings. The molecule has 0 aliphatic rings. The molecule has 1 aromatic carbocycles. The summed E-state index contributed by atoms with van der Waals surface area (Å²) in [4.78, 5) is 36.9. The number of esters is 1. The van der Waals surface area contributed by atoms with Crippen molar-refractivity contribution in [3.63, 3.8) is 0 Å². The van der Waals surface area contributed by atoms with Crippen molar-refractivity contribution in [2.75, 3.05) is 10.6 Å². The highest BCUT2D eigenvalue weighted by molar-refractivity contribution is 7.14. The number of hydrogen-bond acceptors (Lipinski definition) is 8. The monoisotopic (exact) mass is 437 g/mol. The van der Waals surface area contributed by atoms with Crippen LogP contribution in [0.15, 0.2) is 42.0 Å². The lowest BCUT2D eigenvalue weighted by Crippen LogP contribution is -2.23. The summed E-state index contributed by atoms with van der Waals surface area (Å²) in [5, 5.41) is 1.65. The Balaban J connectivity index is 1.78. The van der Waals surface area contributed by atoms with Crippen molar-refractivity contribution in [1.29, 1.82) is 0 Å². The van der Waals surface area contributed by atoms with Gasteiger partial charge in [-0.2, -0.15) is 13.2 Å². The summed E-state index contributed by atoms with van der Waals surface area (Å²) in [6.07, 6.45) is -1.94. The van der Waals surface area contributed by atoms with E-state index in [-0.39, 0.29) is 28.9 Å². The van der Waals surface area contributed by atoms with Gasteiger partial charge in [0.2, 0.25) is 5.91 Å². The molecule has 0 spiro atoms. The van der Waals surface area contributed by atoms with Crippen LogP contribution < -0.4 is 10.6 Å². The SMILES string of the molecule is CC(=O)N(c1cccc(C(F)(F)F)c1)c1nc(COC(=O)c2nccnc2N)cs1. The summed E-state index contributed by atoms with van der Waals surface area (Å²) >= 11 is 1.01. The summed E-state index contributed by atoms with van der Waals surface area (Å²) in [6, 6.07) is 4.34. The van der Waals surface area contributed by atoms with E-state index in [1.807, 2.05) is 0 Å². The van der Waals surface area contributed by atoms with Gasteiger partial charge in [0, 0.05) is 24.7 Å². The van der Waals surface area contributed by atoms with Crippen molar-refractivity contribution in [3.8, 4) is 0 Å². The van der Waals surface area contributed by atoms with Crippen LogP contribution in [0.25, 0.3) is 0 Å². The van der Waals surface area contributed by atoms with Crippen molar-refractivity contribution in [1.82, 2.24) is 15.0 Å². The maximum atomic E-state index is 13.0.